The fourth-order valence-corrected chi connectivity index (χ4v) is 4.02. The van der Waals surface area contributed by atoms with Gasteiger partial charge in [0.25, 0.3) is 6.29 Å². The maximum Gasteiger partial charge on any atom is 2.00 e. The summed E-state index contributed by atoms with van der Waals surface area (Å²) in [5.41, 5.74) is 2.95. The van der Waals surface area contributed by atoms with Gasteiger partial charge in [0, 0.05) is 19.2 Å². The Morgan fingerprint density at radius 2 is 1.36 bits per heavy atom. The van der Waals surface area contributed by atoms with E-state index in [0.29, 0.717) is 31.6 Å². The van der Waals surface area contributed by atoms with Crippen molar-refractivity contribution in [2.75, 3.05) is 42.1 Å². The standard InChI is InChI=1S/C11H13BrFNO4.C8H9BrFNO2.C4H8O4.Ca.2ClH/c1-17-10(15)6-14(16)5-7-3-8(13)4-9(12)11(7)18-2;1-13-8-5(4-11-12)2-6(10)3-7(8)9;1-7-3(5)4(6)8-2;;;/h3-4,16H,5-6H2,1-2H3;2-3,11-12H,4H2,1H3;3,5H,1-2H3;;2*1H/q;;;+2;;/p-1. The Balaban J connectivity index is -0.000000267. The summed E-state index contributed by atoms with van der Waals surface area (Å²) in [4.78, 5) is 21.1. The summed E-state index contributed by atoms with van der Waals surface area (Å²) >= 11 is 6.32. The molecule has 2 aromatic carbocycles. The third-order valence-corrected chi connectivity index (χ3v) is 5.62. The van der Waals surface area contributed by atoms with Gasteiger partial charge in [-0.25, -0.2) is 29.1 Å². The average Bonchev–Trinajstić information content (AvgIpc) is 2.88. The molecule has 0 aromatic heterocycles. The van der Waals surface area contributed by atoms with Gasteiger partial charge in [-0.15, -0.1) is 0 Å². The summed E-state index contributed by atoms with van der Waals surface area (Å²) < 4.78 is 49.9. The van der Waals surface area contributed by atoms with Crippen molar-refractivity contribution in [3.63, 3.8) is 0 Å². The molecule has 0 spiro atoms. The molecule has 0 aliphatic carbocycles. The summed E-state index contributed by atoms with van der Waals surface area (Å²) in [6.45, 7) is -0.0675. The predicted molar refractivity (Wildman–Crippen MR) is 144 cm³/mol. The van der Waals surface area contributed by atoms with Crippen LogP contribution in [-0.4, -0.2) is 114 Å². The third-order valence-electron chi connectivity index (χ3n) is 4.45. The summed E-state index contributed by atoms with van der Waals surface area (Å²) in [5, 5.41) is 26.4. The number of ether oxygens (including phenoxy) is 5. The number of aliphatic hydroxyl groups excluding tert-OH is 1. The molecule has 0 aliphatic heterocycles. The van der Waals surface area contributed by atoms with Gasteiger partial charge in [0.2, 0.25) is 6.54 Å². The van der Waals surface area contributed by atoms with E-state index in [0.717, 1.165) is 0 Å². The number of esters is 2. The summed E-state index contributed by atoms with van der Waals surface area (Å²) in [6, 6.07) is 5.11. The Morgan fingerprint density at radius 3 is 1.71 bits per heavy atom. The predicted octanol–water partition coefficient (Wildman–Crippen LogP) is -4.63. The van der Waals surface area contributed by atoms with Crippen LogP contribution in [0.2, 0.25) is 0 Å². The number of hydrogen-bond donors (Lipinski definition) is 5. The molecule has 5 N–H and O–H groups in total. The van der Waals surface area contributed by atoms with E-state index in [1.165, 1.54) is 59.8 Å². The monoisotopic (exact) mass is 801 g/mol. The van der Waals surface area contributed by atoms with Crippen LogP contribution in [0.15, 0.2) is 33.2 Å². The van der Waals surface area contributed by atoms with Crippen LogP contribution in [0.1, 0.15) is 11.1 Å². The smallest absolute Gasteiger partial charge is 1.00 e. The molecule has 12 nitrogen and oxygen atoms in total. The van der Waals surface area contributed by atoms with Gasteiger partial charge in [0.1, 0.15) is 29.7 Å². The number of quaternary nitrogens is 1. The molecule has 0 radical (unpaired) electrons. The van der Waals surface area contributed by atoms with Crippen LogP contribution >= 0.6 is 31.9 Å². The zero-order valence-electron chi connectivity index (χ0n) is 23.2. The molecular weight excluding hydrogens is 773 g/mol. The largest absolute Gasteiger partial charge is 2.00 e. The first-order valence-electron chi connectivity index (χ1n) is 10.7. The minimum absolute atomic E-state index is 0. The topological polar surface area (TPSA) is 157 Å². The van der Waals surface area contributed by atoms with E-state index in [1.54, 1.807) is 0 Å². The number of hydroxylamine groups is 3. The van der Waals surface area contributed by atoms with Gasteiger partial charge in [0.05, 0.1) is 42.9 Å². The van der Waals surface area contributed by atoms with Crippen LogP contribution in [0.25, 0.3) is 0 Å². The van der Waals surface area contributed by atoms with Gasteiger partial charge >= 0.3 is 49.7 Å². The van der Waals surface area contributed by atoms with Crippen LogP contribution in [0.4, 0.5) is 8.78 Å². The van der Waals surface area contributed by atoms with E-state index in [4.69, 9.17) is 19.8 Å². The Labute approximate surface area is 300 Å². The average molecular weight is 804 g/mol. The van der Waals surface area contributed by atoms with Gasteiger partial charge < -0.3 is 58.8 Å². The van der Waals surface area contributed by atoms with E-state index in [1.807, 2.05) is 5.48 Å². The number of rotatable bonds is 10. The minimum atomic E-state index is -1.44. The number of benzene rings is 2. The number of methoxy groups -OCH3 is 5. The van der Waals surface area contributed by atoms with Crippen LogP contribution in [-0.2, 0) is 36.9 Å². The molecule has 0 aliphatic rings. The Morgan fingerprint density at radius 1 is 0.905 bits per heavy atom. The van der Waals surface area contributed by atoms with Crippen molar-refractivity contribution < 1.29 is 87.5 Å². The van der Waals surface area contributed by atoms with Crippen LogP contribution in [0, 0.1) is 11.6 Å². The number of carbonyl (C=O) groups excluding carboxylic acids is 2. The number of hydrogen-bond acceptors (Lipinski definition) is 11. The molecule has 19 heteroatoms. The molecule has 2 rings (SSSR count). The molecule has 2 unspecified atom stereocenters. The summed E-state index contributed by atoms with van der Waals surface area (Å²) in [5.74, 6) is -1.23. The molecule has 2 aromatic rings. The maximum atomic E-state index is 13.3. The van der Waals surface area contributed by atoms with Gasteiger partial charge in [-0.1, -0.05) is 0 Å². The maximum absolute atomic E-state index is 13.3. The fraction of sp³-hybridized carbons (Fsp3) is 0.391. The molecule has 0 amide bonds. The molecule has 0 bridgehead atoms. The number of halogens is 6. The number of aliphatic hydroxyl groups is 1. The number of nitrogens with one attached hydrogen (secondary N) is 2. The minimum Gasteiger partial charge on any atom is -1.00 e. The molecule has 236 valence electrons. The SMILES string of the molecule is COC(=O)C(O)OC.COC(=O)C[NH+](O)Cc1cc(F)cc(Br)c1OC.COc1c(Br)cc(F)cc1CNO.[Ca+2].[Cl-].[Cl-]. The summed E-state index contributed by atoms with van der Waals surface area (Å²) in [7, 11) is 6.54. The first-order valence-corrected chi connectivity index (χ1v) is 12.3. The molecule has 2 atom stereocenters. The van der Waals surface area contributed by atoms with Crippen LogP contribution in [0.3, 0.4) is 0 Å². The Hall–Kier alpha value is -0.600. The quantitative estimate of drug-likeness (QED) is 0.0682. The van der Waals surface area contributed by atoms with Crippen LogP contribution < -0.4 is 44.8 Å². The van der Waals surface area contributed by atoms with E-state index in [9.17, 15) is 23.6 Å². The second-order valence-corrected chi connectivity index (χ2v) is 8.81. The van der Waals surface area contributed by atoms with Crippen molar-refractivity contribution in [2.45, 2.75) is 19.4 Å². The third kappa shape index (κ3) is 18.3. The normalized spacial score (nSPS) is 10.8. The van der Waals surface area contributed by atoms with Gasteiger partial charge in [-0.05, 0) is 56.1 Å². The molecule has 0 fully saturated rings. The number of carbonyl (C=O) groups is 2. The zero-order valence-corrected chi connectivity index (χ0v) is 30.1. The van der Waals surface area contributed by atoms with Crippen molar-refractivity contribution >= 4 is 81.5 Å². The van der Waals surface area contributed by atoms with Crippen molar-refractivity contribution in [3.8, 4) is 11.5 Å². The summed E-state index contributed by atoms with van der Waals surface area (Å²) in [6.07, 6.45) is -1.44. The fourth-order valence-electron chi connectivity index (χ4n) is 2.75. The van der Waals surface area contributed by atoms with Gasteiger partial charge in [-0.2, -0.15) is 5.06 Å². The van der Waals surface area contributed by atoms with Gasteiger partial charge in [-0.3, -0.25) is 0 Å². The van der Waals surface area contributed by atoms with E-state index in [2.05, 4.69) is 46.1 Å². The molecule has 0 saturated heterocycles. The molecule has 0 saturated carbocycles. The van der Waals surface area contributed by atoms with E-state index < -0.39 is 24.0 Å². The zero-order chi connectivity index (χ0) is 30.1. The molecule has 0 heterocycles. The molecule has 42 heavy (non-hydrogen) atoms. The second-order valence-electron chi connectivity index (χ2n) is 7.10. The first-order chi connectivity index (χ1) is 18.4. The van der Waals surface area contributed by atoms with Crippen molar-refractivity contribution in [1.82, 2.24) is 5.48 Å². The van der Waals surface area contributed by atoms with E-state index >= 15 is 0 Å². The Bertz CT molecular complexity index is 1080. The van der Waals surface area contributed by atoms with Crippen molar-refractivity contribution in [1.29, 1.82) is 0 Å². The van der Waals surface area contributed by atoms with Crippen molar-refractivity contribution in [3.05, 3.63) is 56.0 Å². The molecular formula is C23H31Br2CaCl2F2N2O10+. The van der Waals surface area contributed by atoms with Gasteiger partial charge in [0.15, 0.2) is 0 Å². The Kier molecular flexibility index (Phi) is 30.8. The second kappa shape index (κ2) is 26.8. The van der Waals surface area contributed by atoms with Crippen LogP contribution in [0.5, 0.6) is 11.5 Å². The first kappa shape index (κ1) is 48.3. The van der Waals surface area contributed by atoms with Crippen molar-refractivity contribution in [2.24, 2.45) is 0 Å². The van der Waals surface area contributed by atoms with E-state index in [-0.39, 0.29) is 93.1 Å².